The van der Waals surface area contributed by atoms with E-state index in [2.05, 4.69) is 4.98 Å². The smallest absolute Gasteiger partial charge is 0.106 e. The third kappa shape index (κ3) is 1.50. The zero-order chi connectivity index (χ0) is 7.56. The van der Waals surface area contributed by atoms with Crippen LogP contribution in [0.5, 0.6) is 0 Å². The van der Waals surface area contributed by atoms with Crippen LogP contribution >= 0.6 is 11.6 Å². The van der Waals surface area contributed by atoms with Gasteiger partial charge in [0.05, 0.1) is 12.6 Å². The predicted octanol–water partition coefficient (Wildman–Crippen LogP) is 0.660. The van der Waals surface area contributed by atoms with Crippen LogP contribution in [0.3, 0.4) is 0 Å². The first kappa shape index (κ1) is 7.60. The van der Waals surface area contributed by atoms with Gasteiger partial charge in [-0.1, -0.05) is 11.6 Å². The largest absolute Gasteiger partial charge is 0.394 e. The second kappa shape index (κ2) is 3.05. The highest BCUT2D eigenvalue weighted by molar-refractivity contribution is 6.29. The molecule has 0 saturated heterocycles. The van der Waals surface area contributed by atoms with Crippen molar-refractivity contribution in [3.63, 3.8) is 0 Å². The summed E-state index contributed by atoms with van der Waals surface area (Å²) < 4.78 is 0. The molecule has 0 spiro atoms. The van der Waals surface area contributed by atoms with Crippen LogP contribution in [0, 0.1) is 0 Å². The zero-order valence-electron chi connectivity index (χ0n) is 5.34. The minimum Gasteiger partial charge on any atom is -0.394 e. The van der Waals surface area contributed by atoms with Gasteiger partial charge >= 0.3 is 0 Å². The summed E-state index contributed by atoms with van der Waals surface area (Å²) in [5, 5.41) is 9.16. The van der Waals surface area contributed by atoms with Gasteiger partial charge in [-0.2, -0.15) is 0 Å². The molecule has 10 heavy (non-hydrogen) atoms. The molecule has 0 aromatic carbocycles. The Kier molecular flexibility index (Phi) is 2.32. The molecule has 1 aromatic heterocycles. The van der Waals surface area contributed by atoms with Crippen molar-refractivity contribution < 1.29 is 5.11 Å². The molecule has 4 heteroatoms. The van der Waals surface area contributed by atoms with Gasteiger partial charge < -0.3 is 15.8 Å². The minimum absolute atomic E-state index is 0.0613. The standard InChI is InChI=1S/C6H9ClN2O/c7-6-1-4(2-9-6)5(8)3-10/h1-2,5,9-10H,3,8H2. The molecule has 3 nitrogen and oxygen atoms in total. The van der Waals surface area contributed by atoms with Crippen LogP contribution in [-0.2, 0) is 0 Å². The summed E-state index contributed by atoms with van der Waals surface area (Å²) in [4.78, 5) is 2.76. The van der Waals surface area contributed by atoms with Gasteiger partial charge in [0, 0.05) is 6.20 Å². The van der Waals surface area contributed by atoms with E-state index in [0.717, 1.165) is 5.56 Å². The molecule has 1 rings (SSSR count). The van der Waals surface area contributed by atoms with Crippen molar-refractivity contribution in [2.24, 2.45) is 5.73 Å². The number of aromatic nitrogens is 1. The summed E-state index contributed by atoms with van der Waals surface area (Å²) in [5.74, 6) is 0. The van der Waals surface area contributed by atoms with Crippen molar-refractivity contribution in [2.45, 2.75) is 6.04 Å². The fourth-order valence-corrected chi connectivity index (χ4v) is 0.882. The molecule has 0 bridgehead atoms. The fraction of sp³-hybridized carbons (Fsp3) is 0.333. The summed E-state index contributed by atoms with van der Waals surface area (Å²) in [7, 11) is 0. The maximum atomic E-state index is 8.62. The van der Waals surface area contributed by atoms with Crippen LogP contribution in [-0.4, -0.2) is 16.7 Å². The van der Waals surface area contributed by atoms with E-state index >= 15 is 0 Å². The molecule has 0 aliphatic rings. The maximum Gasteiger partial charge on any atom is 0.106 e. The molecule has 1 unspecified atom stereocenters. The number of aliphatic hydroxyl groups is 1. The number of rotatable bonds is 2. The highest BCUT2D eigenvalue weighted by Crippen LogP contribution is 2.13. The summed E-state index contributed by atoms with van der Waals surface area (Å²) in [5.41, 5.74) is 6.31. The molecular formula is C6H9ClN2O. The number of hydrogen-bond acceptors (Lipinski definition) is 2. The maximum absolute atomic E-state index is 8.62. The number of aliphatic hydroxyl groups excluding tert-OH is 1. The van der Waals surface area contributed by atoms with Crippen molar-refractivity contribution in [1.29, 1.82) is 0 Å². The number of hydrogen-bond donors (Lipinski definition) is 3. The molecular weight excluding hydrogens is 152 g/mol. The Morgan fingerprint density at radius 3 is 2.90 bits per heavy atom. The Balaban J connectivity index is 2.74. The van der Waals surface area contributed by atoms with Crippen LogP contribution in [0.4, 0.5) is 0 Å². The van der Waals surface area contributed by atoms with E-state index in [-0.39, 0.29) is 12.6 Å². The van der Waals surface area contributed by atoms with Crippen molar-refractivity contribution in [3.8, 4) is 0 Å². The Bertz CT molecular complexity index is 211. The van der Waals surface area contributed by atoms with Crippen molar-refractivity contribution in [3.05, 3.63) is 23.0 Å². The fourth-order valence-electron chi connectivity index (χ4n) is 0.701. The molecule has 1 atom stereocenters. The number of nitrogens with one attached hydrogen (secondary N) is 1. The van der Waals surface area contributed by atoms with Gasteiger partial charge in [-0.25, -0.2) is 0 Å². The summed E-state index contributed by atoms with van der Waals surface area (Å²) in [6, 6.07) is 1.37. The monoisotopic (exact) mass is 160 g/mol. The molecule has 0 aliphatic heterocycles. The number of H-pyrrole nitrogens is 1. The van der Waals surface area contributed by atoms with Gasteiger partial charge in [-0.05, 0) is 11.6 Å². The summed E-state index contributed by atoms with van der Waals surface area (Å²) in [6.07, 6.45) is 1.68. The SMILES string of the molecule is NC(CO)c1c[nH]c(Cl)c1. The van der Waals surface area contributed by atoms with Crippen LogP contribution in [0.2, 0.25) is 5.15 Å². The number of aromatic amines is 1. The van der Waals surface area contributed by atoms with E-state index in [9.17, 15) is 0 Å². The topological polar surface area (TPSA) is 62.0 Å². The highest BCUT2D eigenvalue weighted by Gasteiger charge is 2.04. The van der Waals surface area contributed by atoms with Gasteiger partial charge in [0.25, 0.3) is 0 Å². The predicted molar refractivity (Wildman–Crippen MR) is 39.8 cm³/mol. The van der Waals surface area contributed by atoms with E-state index in [4.69, 9.17) is 22.4 Å². The first-order valence-electron chi connectivity index (χ1n) is 2.94. The Morgan fingerprint density at radius 2 is 2.50 bits per heavy atom. The molecule has 0 amide bonds. The lowest BCUT2D eigenvalue weighted by Gasteiger charge is -2.02. The zero-order valence-corrected chi connectivity index (χ0v) is 6.10. The van der Waals surface area contributed by atoms with Crippen LogP contribution in [0.25, 0.3) is 0 Å². The van der Waals surface area contributed by atoms with E-state index in [0.29, 0.717) is 5.15 Å². The van der Waals surface area contributed by atoms with Crippen LogP contribution < -0.4 is 5.73 Å². The lowest BCUT2D eigenvalue weighted by Crippen LogP contribution is -2.13. The van der Waals surface area contributed by atoms with Crippen molar-refractivity contribution >= 4 is 11.6 Å². The van der Waals surface area contributed by atoms with Crippen molar-refractivity contribution in [1.82, 2.24) is 4.98 Å². The van der Waals surface area contributed by atoms with Crippen LogP contribution in [0.15, 0.2) is 12.3 Å². The second-order valence-electron chi connectivity index (χ2n) is 2.07. The quantitative estimate of drug-likeness (QED) is 0.595. The number of halogens is 1. The summed E-state index contributed by atoms with van der Waals surface area (Å²) in [6.45, 7) is -0.0613. The molecule has 0 aliphatic carbocycles. The minimum atomic E-state index is -0.330. The number of nitrogens with two attached hydrogens (primary N) is 1. The van der Waals surface area contributed by atoms with E-state index < -0.39 is 0 Å². The molecule has 1 aromatic rings. The van der Waals surface area contributed by atoms with Gasteiger partial charge in [-0.3, -0.25) is 0 Å². The first-order chi connectivity index (χ1) is 4.74. The molecule has 4 N–H and O–H groups in total. The Hall–Kier alpha value is -0.510. The van der Waals surface area contributed by atoms with Gasteiger partial charge in [0.1, 0.15) is 5.15 Å². The molecule has 0 fully saturated rings. The average Bonchev–Trinajstić information content (AvgIpc) is 2.34. The third-order valence-electron chi connectivity index (χ3n) is 1.29. The Morgan fingerprint density at radius 1 is 1.80 bits per heavy atom. The normalized spacial score (nSPS) is 13.5. The first-order valence-corrected chi connectivity index (χ1v) is 3.32. The van der Waals surface area contributed by atoms with Crippen LogP contribution in [0.1, 0.15) is 11.6 Å². The third-order valence-corrected chi connectivity index (χ3v) is 1.51. The lowest BCUT2D eigenvalue weighted by atomic mass is 10.2. The van der Waals surface area contributed by atoms with Gasteiger partial charge in [0.15, 0.2) is 0 Å². The van der Waals surface area contributed by atoms with Gasteiger partial charge in [0.2, 0.25) is 0 Å². The Labute approximate surface area is 63.8 Å². The molecule has 0 radical (unpaired) electrons. The van der Waals surface area contributed by atoms with Crippen molar-refractivity contribution in [2.75, 3.05) is 6.61 Å². The molecule has 1 heterocycles. The average molecular weight is 161 g/mol. The summed E-state index contributed by atoms with van der Waals surface area (Å²) >= 11 is 5.57. The highest BCUT2D eigenvalue weighted by atomic mass is 35.5. The van der Waals surface area contributed by atoms with E-state index in [1.165, 1.54) is 0 Å². The molecule has 0 saturated carbocycles. The lowest BCUT2D eigenvalue weighted by molar-refractivity contribution is 0.268. The van der Waals surface area contributed by atoms with E-state index in [1.807, 2.05) is 0 Å². The van der Waals surface area contributed by atoms with E-state index in [1.54, 1.807) is 12.3 Å². The molecule has 56 valence electrons. The van der Waals surface area contributed by atoms with Gasteiger partial charge in [-0.15, -0.1) is 0 Å². The second-order valence-corrected chi connectivity index (χ2v) is 2.48.